The number of sulfonamides is 1. The average molecular weight is 603 g/mol. The summed E-state index contributed by atoms with van der Waals surface area (Å²) in [6.45, 7) is 4.92. The Morgan fingerprint density at radius 3 is 2.08 bits per heavy atom. The van der Waals surface area contributed by atoms with Crippen molar-refractivity contribution in [3.63, 3.8) is 0 Å². The number of ether oxygens (including phenoxy) is 1. The molecule has 0 saturated heterocycles. The van der Waals surface area contributed by atoms with E-state index < -0.39 is 28.5 Å². The summed E-state index contributed by atoms with van der Waals surface area (Å²) >= 11 is 3.37. The molecular weight excluding hydrogens is 570 g/mol. The molecule has 0 spiro atoms. The minimum absolute atomic E-state index is 0.0584. The van der Waals surface area contributed by atoms with Gasteiger partial charge >= 0.3 is 0 Å². The Kier molecular flexibility index (Phi) is 9.93. The molecule has 0 aromatic heterocycles. The molecule has 1 atom stereocenters. The van der Waals surface area contributed by atoms with Crippen LogP contribution in [0.2, 0.25) is 0 Å². The molecule has 0 heterocycles. The zero-order valence-electron chi connectivity index (χ0n) is 21.8. The molecule has 0 aliphatic rings. The lowest BCUT2D eigenvalue weighted by molar-refractivity contribution is -0.139. The van der Waals surface area contributed by atoms with Crippen LogP contribution in [-0.4, -0.2) is 50.9 Å². The normalized spacial score (nSPS) is 12.1. The predicted octanol–water partition coefficient (Wildman–Crippen LogP) is 4.59. The maximum absolute atomic E-state index is 13.8. The minimum atomic E-state index is -4.09. The van der Waals surface area contributed by atoms with E-state index in [0.29, 0.717) is 11.4 Å². The molecule has 3 aromatic rings. The zero-order valence-corrected chi connectivity index (χ0v) is 24.2. The van der Waals surface area contributed by atoms with E-state index in [2.05, 4.69) is 21.2 Å². The van der Waals surface area contributed by atoms with Gasteiger partial charge in [0.15, 0.2) is 0 Å². The van der Waals surface area contributed by atoms with Crippen molar-refractivity contribution in [2.45, 2.75) is 44.3 Å². The third-order valence-corrected chi connectivity index (χ3v) is 8.15. The van der Waals surface area contributed by atoms with Crippen molar-refractivity contribution in [1.29, 1.82) is 0 Å². The molecule has 38 heavy (non-hydrogen) atoms. The monoisotopic (exact) mass is 601 g/mol. The highest BCUT2D eigenvalue weighted by Crippen LogP contribution is 2.26. The summed E-state index contributed by atoms with van der Waals surface area (Å²) in [7, 11) is -2.53. The van der Waals surface area contributed by atoms with Crippen LogP contribution in [0.4, 0.5) is 5.69 Å². The van der Waals surface area contributed by atoms with Crippen LogP contribution in [0.1, 0.15) is 26.3 Å². The van der Waals surface area contributed by atoms with E-state index in [1.54, 1.807) is 80.8 Å². The molecule has 0 fully saturated rings. The van der Waals surface area contributed by atoms with Gasteiger partial charge in [-0.15, -0.1) is 0 Å². The van der Waals surface area contributed by atoms with E-state index in [0.717, 1.165) is 14.3 Å². The lowest BCUT2D eigenvalue weighted by Gasteiger charge is -2.32. The molecule has 3 aromatic carbocycles. The maximum Gasteiger partial charge on any atom is 0.264 e. The summed E-state index contributed by atoms with van der Waals surface area (Å²) in [5.41, 5.74) is 1.10. The van der Waals surface area contributed by atoms with Crippen LogP contribution in [0, 0.1) is 0 Å². The first-order valence-electron chi connectivity index (χ1n) is 12.1. The summed E-state index contributed by atoms with van der Waals surface area (Å²) in [4.78, 5) is 28.2. The number of amides is 2. The molecule has 0 bridgehead atoms. The van der Waals surface area contributed by atoms with Gasteiger partial charge in [0.2, 0.25) is 11.8 Å². The molecule has 10 heteroatoms. The second-order valence-electron chi connectivity index (χ2n) is 9.01. The average Bonchev–Trinajstić information content (AvgIpc) is 2.90. The molecule has 3 rings (SSSR count). The molecule has 2 amide bonds. The molecule has 0 aliphatic heterocycles. The fraction of sp³-hybridized carbons (Fsp3) is 0.286. The predicted molar refractivity (Wildman–Crippen MR) is 151 cm³/mol. The van der Waals surface area contributed by atoms with Gasteiger partial charge < -0.3 is 15.0 Å². The van der Waals surface area contributed by atoms with Gasteiger partial charge in [-0.2, -0.15) is 0 Å². The Labute approximate surface area is 232 Å². The lowest BCUT2D eigenvalue weighted by Crippen LogP contribution is -2.52. The Balaban J connectivity index is 2.00. The summed E-state index contributed by atoms with van der Waals surface area (Å²) < 4.78 is 34.5. The summed E-state index contributed by atoms with van der Waals surface area (Å²) in [5, 5.41) is 2.84. The van der Waals surface area contributed by atoms with Crippen LogP contribution in [0.5, 0.6) is 5.75 Å². The molecule has 1 N–H and O–H groups in total. The van der Waals surface area contributed by atoms with E-state index in [1.165, 1.54) is 17.0 Å². The smallest absolute Gasteiger partial charge is 0.264 e. The quantitative estimate of drug-likeness (QED) is 0.347. The Morgan fingerprint density at radius 1 is 0.921 bits per heavy atom. The van der Waals surface area contributed by atoms with Gasteiger partial charge in [0.1, 0.15) is 18.3 Å². The Bertz CT molecular complexity index is 1330. The summed E-state index contributed by atoms with van der Waals surface area (Å²) in [6.07, 6.45) is 0. The van der Waals surface area contributed by atoms with E-state index in [4.69, 9.17) is 4.74 Å². The van der Waals surface area contributed by atoms with E-state index in [-0.39, 0.29) is 23.4 Å². The van der Waals surface area contributed by atoms with Gasteiger partial charge in [-0.25, -0.2) is 8.42 Å². The van der Waals surface area contributed by atoms with Gasteiger partial charge in [-0.3, -0.25) is 13.9 Å². The topological polar surface area (TPSA) is 96.0 Å². The van der Waals surface area contributed by atoms with Gasteiger partial charge in [0, 0.05) is 17.1 Å². The second kappa shape index (κ2) is 12.9. The first-order valence-corrected chi connectivity index (χ1v) is 14.3. The van der Waals surface area contributed by atoms with Gasteiger partial charge in [-0.05, 0) is 74.9 Å². The highest BCUT2D eigenvalue weighted by atomic mass is 79.9. The number of nitrogens with one attached hydrogen (secondary N) is 1. The van der Waals surface area contributed by atoms with Gasteiger partial charge in [0.25, 0.3) is 10.0 Å². The number of benzene rings is 3. The van der Waals surface area contributed by atoms with E-state index in [1.807, 2.05) is 13.8 Å². The van der Waals surface area contributed by atoms with Gasteiger partial charge in [-0.1, -0.05) is 46.3 Å². The SMILES string of the molecule is COc1ccc(CN(C(=O)CN(c2ccc(Br)cc2)S(=O)(=O)c2ccccc2)C(C)C(=O)NC(C)C)cc1. The number of hydrogen-bond donors (Lipinski definition) is 1. The van der Waals surface area contributed by atoms with E-state index in [9.17, 15) is 18.0 Å². The van der Waals surface area contributed by atoms with Crippen LogP contribution in [0.25, 0.3) is 0 Å². The number of carbonyl (C=O) groups is 2. The number of nitrogens with zero attached hydrogens (tertiary/aromatic N) is 2. The molecule has 202 valence electrons. The molecule has 0 radical (unpaired) electrons. The third kappa shape index (κ3) is 7.35. The fourth-order valence-corrected chi connectivity index (χ4v) is 5.47. The summed E-state index contributed by atoms with van der Waals surface area (Å²) in [5.74, 6) is -0.190. The highest BCUT2D eigenvalue weighted by molar-refractivity contribution is 9.10. The molecule has 1 unspecified atom stereocenters. The van der Waals surface area contributed by atoms with Gasteiger partial charge in [0.05, 0.1) is 17.7 Å². The molecule has 8 nitrogen and oxygen atoms in total. The van der Waals surface area contributed by atoms with Crippen molar-refractivity contribution in [1.82, 2.24) is 10.2 Å². The third-order valence-electron chi connectivity index (χ3n) is 5.83. The second-order valence-corrected chi connectivity index (χ2v) is 11.8. The van der Waals surface area contributed by atoms with Crippen molar-refractivity contribution in [3.05, 3.63) is 88.9 Å². The van der Waals surface area contributed by atoms with E-state index >= 15 is 0 Å². The Morgan fingerprint density at radius 2 is 1.53 bits per heavy atom. The first kappa shape index (κ1) is 29.2. The molecule has 0 aliphatic carbocycles. The maximum atomic E-state index is 13.8. The zero-order chi connectivity index (χ0) is 27.9. The van der Waals surface area contributed by atoms with Crippen LogP contribution in [0.15, 0.2) is 88.2 Å². The lowest BCUT2D eigenvalue weighted by atomic mass is 10.1. The number of rotatable bonds is 11. The fourth-order valence-electron chi connectivity index (χ4n) is 3.77. The van der Waals surface area contributed by atoms with Crippen molar-refractivity contribution < 1.29 is 22.7 Å². The number of methoxy groups -OCH3 is 1. The number of hydrogen-bond acceptors (Lipinski definition) is 5. The first-order chi connectivity index (χ1) is 18.0. The van der Waals surface area contributed by atoms with Crippen molar-refractivity contribution in [2.24, 2.45) is 0 Å². The van der Waals surface area contributed by atoms with Crippen molar-refractivity contribution in [2.75, 3.05) is 18.0 Å². The van der Waals surface area contributed by atoms with Crippen LogP contribution >= 0.6 is 15.9 Å². The molecule has 0 saturated carbocycles. The largest absolute Gasteiger partial charge is 0.497 e. The van der Waals surface area contributed by atoms with Crippen molar-refractivity contribution >= 4 is 43.5 Å². The van der Waals surface area contributed by atoms with Crippen LogP contribution in [-0.2, 0) is 26.2 Å². The number of carbonyl (C=O) groups excluding carboxylic acids is 2. The van der Waals surface area contributed by atoms with Crippen LogP contribution in [0.3, 0.4) is 0 Å². The highest BCUT2D eigenvalue weighted by Gasteiger charge is 2.32. The van der Waals surface area contributed by atoms with Crippen LogP contribution < -0.4 is 14.4 Å². The molecular formula is C28H32BrN3O5S. The number of halogens is 1. The Hall–Kier alpha value is -3.37. The standard InChI is InChI=1S/C28H32BrN3O5S/c1-20(2)30-28(34)21(3)31(18-22-10-16-25(37-4)17-11-22)27(33)19-32(24-14-12-23(29)13-15-24)38(35,36)26-8-6-5-7-9-26/h5-17,20-21H,18-19H2,1-4H3,(H,30,34). The van der Waals surface area contributed by atoms with Crippen molar-refractivity contribution in [3.8, 4) is 5.75 Å². The summed E-state index contributed by atoms with van der Waals surface area (Å²) in [6, 6.07) is 20.8. The minimum Gasteiger partial charge on any atom is -0.497 e. The number of anilines is 1.